The van der Waals surface area contributed by atoms with Crippen molar-refractivity contribution >= 4 is 16.9 Å². The van der Waals surface area contributed by atoms with Gasteiger partial charge in [-0.25, -0.2) is 0 Å². The number of hydrogen-bond acceptors (Lipinski definition) is 4. The molecule has 0 saturated carbocycles. The Hall–Kier alpha value is -2.01. The van der Waals surface area contributed by atoms with Crippen molar-refractivity contribution in [1.29, 1.82) is 0 Å². The Morgan fingerprint density at radius 1 is 1.33 bits per heavy atom. The first-order valence-corrected chi connectivity index (χ1v) is 11.4. The lowest BCUT2D eigenvalue weighted by Gasteiger charge is -2.50. The van der Waals surface area contributed by atoms with Gasteiger partial charge in [0.25, 0.3) is 0 Å². The number of benzene rings is 1. The smallest absolute Gasteiger partial charge is 0.319 e. The fourth-order valence-corrected chi connectivity index (χ4v) is 5.99. The van der Waals surface area contributed by atoms with Crippen LogP contribution in [0.1, 0.15) is 51.8 Å². The van der Waals surface area contributed by atoms with Crippen molar-refractivity contribution in [1.82, 2.24) is 9.88 Å². The quantitative estimate of drug-likeness (QED) is 0.733. The molecule has 6 unspecified atom stereocenters. The number of aromatic amines is 1. The molecule has 0 spiro atoms. The van der Waals surface area contributed by atoms with Crippen LogP contribution in [0.4, 0.5) is 0 Å². The molecule has 6 atom stereocenters. The standard InChI is InChI=1S/C25H36N2O3/c1-7-15(2)16(3)18-13-25(24(28)30-6)17(4)27(14-18)11-10-20-21-12-19(29-5)8-9-22(21)26-23(20)25/h8-9,12,15-18,26H,7,10-11,13-14H2,1-6H3. The third kappa shape index (κ3) is 3.05. The fraction of sp³-hybridized carbons (Fsp3) is 0.640. The third-order valence-corrected chi connectivity index (χ3v) is 8.36. The van der Waals surface area contributed by atoms with E-state index < -0.39 is 5.41 Å². The molecular formula is C25H36N2O3. The minimum absolute atomic E-state index is 0.0986. The second kappa shape index (κ2) is 7.92. The van der Waals surface area contributed by atoms with Crippen molar-refractivity contribution in [2.75, 3.05) is 27.3 Å². The van der Waals surface area contributed by atoms with Crippen molar-refractivity contribution < 1.29 is 14.3 Å². The summed E-state index contributed by atoms with van der Waals surface area (Å²) >= 11 is 0. The highest BCUT2D eigenvalue weighted by Crippen LogP contribution is 2.49. The minimum atomic E-state index is -0.669. The summed E-state index contributed by atoms with van der Waals surface area (Å²) < 4.78 is 11.0. The van der Waals surface area contributed by atoms with E-state index in [1.54, 1.807) is 7.11 Å². The summed E-state index contributed by atoms with van der Waals surface area (Å²) in [4.78, 5) is 19.7. The van der Waals surface area contributed by atoms with Gasteiger partial charge in [-0.3, -0.25) is 9.69 Å². The summed E-state index contributed by atoms with van der Waals surface area (Å²) in [6.07, 6.45) is 2.92. The molecule has 0 amide bonds. The summed E-state index contributed by atoms with van der Waals surface area (Å²) in [7, 11) is 3.23. The zero-order chi connectivity index (χ0) is 21.6. The van der Waals surface area contributed by atoms with Gasteiger partial charge in [-0.2, -0.15) is 0 Å². The molecule has 3 heterocycles. The van der Waals surface area contributed by atoms with Gasteiger partial charge in [0.15, 0.2) is 0 Å². The largest absolute Gasteiger partial charge is 0.497 e. The van der Waals surface area contributed by atoms with E-state index in [0.717, 1.165) is 49.3 Å². The van der Waals surface area contributed by atoms with Gasteiger partial charge in [0.2, 0.25) is 0 Å². The maximum Gasteiger partial charge on any atom is 0.319 e. The summed E-state index contributed by atoms with van der Waals surface area (Å²) in [6.45, 7) is 11.2. The first kappa shape index (κ1) is 21.2. The highest BCUT2D eigenvalue weighted by Gasteiger charge is 2.56. The van der Waals surface area contributed by atoms with Crippen LogP contribution in [0.3, 0.4) is 0 Å². The van der Waals surface area contributed by atoms with E-state index in [-0.39, 0.29) is 12.0 Å². The number of fused-ring (bicyclic) bond motifs is 6. The second-order valence-electron chi connectivity index (χ2n) is 9.48. The van der Waals surface area contributed by atoms with Crippen LogP contribution in [0.15, 0.2) is 18.2 Å². The van der Waals surface area contributed by atoms with Gasteiger partial charge in [0.05, 0.1) is 14.2 Å². The maximum absolute atomic E-state index is 13.5. The van der Waals surface area contributed by atoms with Crippen LogP contribution in [0.5, 0.6) is 5.75 Å². The molecule has 30 heavy (non-hydrogen) atoms. The van der Waals surface area contributed by atoms with Gasteiger partial charge < -0.3 is 14.5 Å². The fourth-order valence-electron chi connectivity index (χ4n) is 5.99. The minimum Gasteiger partial charge on any atom is -0.497 e. The SMILES string of the molecule is CCC(C)C(C)C1CN2CCc3c([nH]c4ccc(OC)cc34)C(C(=O)OC)(C1)C2C. The highest BCUT2D eigenvalue weighted by molar-refractivity contribution is 5.92. The number of carbonyl (C=O) groups excluding carboxylic acids is 1. The van der Waals surface area contributed by atoms with Gasteiger partial charge >= 0.3 is 5.97 Å². The molecule has 0 radical (unpaired) electrons. The maximum atomic E-state index is 13.5. The Morgan fingerprint density at radius 2 is 2.10 bits per heavy atom. The first-order chi connectivity index (χ1) is 14.4. The molecule has 2 aliphatic rings. The molecule has 1 aromatic heterocycles. The zero-order valence-electron chi connectivity index (χ0n) is 19.2. The topological polar surface area (TPSA) is 54.6 Å². The summed E-state index contributed by atoms with van der Waals surface area (Å²) in [5.41, 5.74) is 2.72. The first-order valence-electron chi connectivity index (χ1n) is 11.4. The monoisotopic (exact) mass is 412 g/mol. The number of methoxy groups -OCH3 is 2. The van der Waals surface area contributed by atoms with E-state index in [9.17, 15) is 4.79 Å². The summed E-state index contributed by atoms with van der Waals surface area (Å²) in [6, 6.07) is 6.25. The lowest BCUT2D eigenvalue weighted by atomic mass is 9.64. The molecule has 0 aliphatic carbocycles. The van der Waals surface area contributed by atoms with Crippen molar-refractivity contribution in [3.8, 4) is 5.75 Å². The van der Waals surface area contributed by atoms with Gasteiger partial charge in [-0.05, 0) is 61.3 Å². The zero-order valence-corrected chi connectivity index (χ0v) is 19.2. The van der Waals surface area contributed by atoms with E-state index in [4.69, 9.17) is 9.47 Å². The molecule has 1 aromatic carbocycles. The average Bonchev–Trinajstić information content (AvgIpc) is 3.12. The van der Waals surface area contributed by atoms with E-state index in [0.29, 0.717) is 17.8 Å². The molecule has 5 nitrogen and oxygen atoms in total. The van der Waals surface area contributed by atoms with Gasteiger partial charge in [0.1, 0.15) is 11.2 Å². The van der Waals surface area contributed by atoms with Crippen LogP contribution in [-0.2, 0) is 21.4 Å². The number of nitrogens with one attached hydrogen (secondary N) is 1. The van der Waals surface area contributed by atoms with Crippen LogP contribution < -0.4 is 4.74 Å². The lowest BCUT2D eigenvalue weighted by Crippen LogP contribution is -2.60. The molecule has 164 valence electrons. The molecule has 5 heteroatoms. The Balaban J connectivity index is 1.91. The molecular weight excluding hydrogens is 376 g/mol. The van der Waals surface area contributed by atoms with Crippen LogP contribution in [0.2, 0.25) is 0 Å². The number of aromatic nitrogens is 1. The van der Waals surface area contributed by atoms with Crippen molar-refractivity contribution in [3.63, 3.8) is 0 Å². The number of carbonyl (C=O) groups is 1. The third-order valence-electron chi connectivity index (χ3n) is 8.36. The number of rotatable bonds is 5. The van der Waals surface area contributed by atoms with Crippen LogP contribution in [-0.4, -0.2) is 49.2 Å². The van der Waals surface area contributed by atoms with Crippen molar-refractivity contribution in [3.05, 3.63) is 29.5 Å². The predicted molar refractivity (Wildman–Crippen MR) is 120 cm³/mol. The Morgan fingerprint density at radius 3 is 2.77 bits per heavy atom. The molecule has 1 saturated heterocycles. The van der Waals surface area contributed by atoms with Crippen molar-refractivity contribution in [2.45, 2.75) is 58.4 Å². The number of ether oxygens (including phenoxy) is 2. The summed E-state index contributed by atoms with van der Waals surface area (Å²) in [5.74, 6) is 2.39. The number of esters is 1. The molecule has 1 N–H and O–H groups in total. The molecule has 1 fully saturated rings. The molecule has 2 aromatic rings. The molecule has 2 aliphatic heterocycles. The summed E-state index contributed by atoms with van der Waals surface area (Å²) in [5, 5.41) is 1.17. The van der Waals surface area contributed by atoms with Gasteiger partial charge in [0, 0.05) is 35.7 Å². The van der Waals surface area contributed by atoms with Crippen LogP contribution >= 0.6 is 0 Å². The van der Waals surface area contributed by atoms with E-state index in [1.165, 1.54) is 18.1 Å². The number of nitrogens with zero attached hydrogens (tertiary/aromatic N) is 1. The van der Waals surface area contributed by atoms with Crippen LogP contribution in [0, 0.1) is 17.8 Å². The lowest BCUT2D eigenvalue weighted by molar-refractivity contribution is -0.155. The van der Waals surface area contributed by atoms with Gasteiger partial charge in [-0.1, -0.05) is 27.2 Å². The van der Waals surface area contributed by atoms with Gasteiger partial charge in [-0.15, -0.1) is 0 Å². The van der Waals surface area contributed by atoms with E-state index in [1.807, 2.05) is 6.07 Å². The average molecular weight is 413 g/mol. The number of hydrogen-bond donors (Lipinski definition) is 1. The predicted octanol–water partition coefficient (Wildman–Crippen LogP) is 4.54. The number of H-pyrrole nitrogens is 1. The highest BCUT2D eigenvalue weighted by atomic mass is 16.5. The number of piperidine rings is 1. The normalized spacial score (nSPS) is 30.3. The Bertz CT molecular complexity index is 936. The van der Waals surface area contributed by atoms with E-state index >= 15 is 0 Å². The molecule has 2 bridgehead atoms. The Labute approximate surface area is 180 Å². The van der Waals surface area contributed by atoms with Crippen molar-refractivity contribution in [2.24, 2.45) is 17.8 Å². The Kier molecular flexibility index (Phi) is 5.60. The van der Waals surface area contributed by atoms with E-state index in [2.05, 4.69) is 49.7 Å². The van der Waals surface area contributed by atoms with Crippen LogP contribution in [0.25, 0.3) is 10.9 Å². The second-order valence-corrected chi connectivity index (χ2v) is 9.48. The molecule has 4 rings (SSSR count).